The van der Waals surface area contributed by atoms with Crippen LogP contribution in [0.5, 0.6) is 11.5 Å². The normalized spacial score (nSPS) is 18.5. The van der Waals surface area contributed by atoms with Gasteiger partial charge >= 0.3 is 0 Å². The number of benzene rings is 1. The van der Waals surface area contributed by atoms with Gasteiger partial charge in [-0.2, -0.15) is 0 Å². The molecule has 1 heterocycles. The molecule has 1 aromatic rings. The molecule has 0 spiro atoms. The van der Waals surface area contributed by atoms with Crippen LogP contribution in [-0.2, 0) is 0 Å². The molecule has 0 saturated carbocycles. The highest BCUT2D eigenvalue weighted by Gasteiger charge is 2.22. The van der Waals surface area contributed by atoms with Gasteiger partial charge in [0.05, 0.1) is 13.7 Å². The molecule has 2 N–H and O–H groups in total. The molecule has 0 amide bonds. The van der Waals surface area contributed by atoms with Gasteiger partial charge in [0.15, 0.2) is 11.5 Å². The number of ether oxygens (including phenoxy) is 2. The van der Waals surface area contributed by atoms with Crippen molar-refractivity contribution in [2.24, 2.45) is 5.73 Å². The summed E-state index contributed by atoms with van der Waals surface area (Å²) in [6.45, 7) is 0.659. The van der Waals surface area contributed by atoms with Crippen molar-refractivity contribution < 1.29 is 9.47 Å². The van der Waals surface area contributed by atoms with Crippen LogP contribution in [0.15, 0.2) is 16.6 Å². The second-order valence-corrected chi connectivity index (χ2v) is 4.19. The molecule has 0 bridgehead atoms. The molecule has 84 valence electrons. The maximum absolute atomic E-state index is 5.98. The van der Waals surface area contributed by atoms with Crippen molar-refractivity contribution in [3.63, 3.8) is 0 Å². The van der Waals surface area contributed by atoms with E-state index in [0.29, 0.717) is 6.61 Å². The van der Waals surface area contributed by atoms with E-state index in [1.807, 2.05) is 12.1 Å². The molecule has 5 heteroatoms. The Hall–Kier alpha value is -0.450. The van der Waals surface area contributed by atoms with Crippen LogP contribution in [0.2, 0.25) is 0 Å². The fraction of sp³-hybridized carbons (Fsp3) is 0.400. The molecule has 1 atom stereocenters. The minimum Gasteiger partial charge on any atom is -0.493 e. The highest BCUT2D eigenvalue weighted by Crippen LogP contribution is 2.40. The molecule has 0 aliphatic carbocycles. The van der Waals surface area contributed by atoms with E-state index in [-0.39, 0.29) is 18.4 Å². The molecule has 15 heavy (non-hydrogen) atoms. The minimum atomic E-state index is 0. The number of methoxy groups -OCH3 is 1. The lowest BCUT2D eigenvalue weighted by molar-refractivity contribution is 0.252. The molecule has 1 aromatic carbocycles. The Bertz CT molecular complexity index is 360. The third-order valence-electron chi connectivity index (χ3n) is 2.34. The van der Waals surface area contributed by atoms with Crippen molar-refractivity contribution >= 4 is 28.3 Å². The number of halogens is 2. The largest absolute Gasteiger partial charge is 0.493 e. The smallest absolute Gasteiger partial charge is 0.165 e. The molecule has 1 aliphatic rings. The van der Waals surface area contributed by atoms with Gasteiger partial charge < -0.3 is 15.2 Å². The van der Waals surface area contributed by atoms with Gasteiger partial charge in [-0.1, -0.05) is 15.9 Å². The highest BCUT2D eigenvalue weighted by molar-refractivity contribution is 9.10. The van der Waals surface area contributed by atoms with Crippen LogP contribution in [0.3, 0.4) is 0 Å². The third kappa shape index (κ3) is 2.38. The summed E-state index contributed by atoms with van der Waals surface area (Å²) < 4.78 is 11.7. The van der Waals surface area contributed by atoms with Crippen molar-refractivity contribution in [3.8, 4) is 11.5 Å². The molecule has 0 radical (unpaired) electrons. The minimum absolute atomic E-state index is 0. The Morgan fingerprint density at radius 3 is 2.93 bits per heavy atom. The van der Waals surface area contributed by atoms with Crippen LogP contribution in [0, 0.1) is 0 Å². The predicted molar refractivity (Wildman–Crippen MR) is 65.0 cm³/mol. The Kier molecular flexibility index (Phi) is 4.25. The first-order valence-corrected chi connectivity index (χ1v) is 5.27. The van der Waals surface area contributed by atoms with Gasteiger partial charge in [0.1, 0.15) is 0 Å². The first kappa shape index (κ1) is 12.6. The van der Waals surface area contributed by atoms with Gasteiger partial charge in [-0.3, -0.25) is 0 Å². The topological polar surface area (TPSA) is 44.5 Å². The lowest BCUT2D eigenvalue weighted by atomic mass is 10.0. The van der Waals surface area contributed by atoms with Crippen molar-refractivity contribution in [1.82, 2.24) is 0 Å². The van der Waals surface area contributed by atoms with Crippen molar-refractivity contribution in [2.45, 2.75) is 12.5 Å². The lowest BCUT2D eigenvalue weighted by Gasteiger charge is -2.24. The van der Waals surface area contributed by atoms with E-state index in [2.05, 4.69) is 15.9 Å². The Morgan fingerprint density at radius 1 is 1.53 bits per heavy atom. The molecule has 0 fully saturated rings. The van der Waals surface area contributed by atoms with Gasteiger partial charge in [0.25, 0.3) is 0 Å². The van der Waals surface area contributed by atoms with Crippen LogP contribution in [0.1, 0.15) is 18.0 Å². The summed E-state index contributed by atoms with van der Waals surface area (Å²) in [5.74, 6) is 1.53. The molecule has 0 aromatic heterocycles. The zero-order valence-electron chi connectivity index (χ0n) is 8.33. The van der Waals surface area contributed by atoms with Gasteiger partial charge in [0, 0.05) is 22.5 Å². The highest BCUT2D eigenvalue weighted by atomic mass is 79.9. The molecule has 0 saturated heterocycles. The Morgan fingerprint density at radius 2 is 2.27 bits per heavy atom. The van der Waals surface area contributed by atoms with Gasteiger partial charge in [0.2, 0.25) is 0 Å². The van der Waals surface area contributed by atoms with Crippen LogP contribution in [0.4, 0.5) is 0 Å². The summed E-state index contributed by atoms with van der Waals surface area (Å²) in [6.07, 6.45) is 0.854. The van der Waals surface area contributed by atoms with Crippen LogP contribution >= 0.6 is 28.3 Å². The Balaban J connectivity index is 0.00000112. The van der Waals surface area contributed by atoms with Crippen LogP contribution < -0.4 is 15.2 Å². The maximum Gasteiger partial charge on any atom is 0.165 e. The van der Waals surface area contributed by atoms with E-state index >= 15 is 0 Å². The van der Waals surface area contributed by atoms with Crippen molar-refractivity contribution in [1.29, 1.82) is 0 Å². The van der Waals surface area contributed by atoms with Crippen LogP contribution in [0.25, 0.3) is 0 Å². The van der Waals surface area contributed by atoms with Crippen molar-refractivity contribution in [2.75, 3.05) is 13.7 Å². The molecule has 0 unspecified atom stereocenters. The molecule has 2 rings (SSSR count). The van der Waals surface area contributed by atoms with E-state index in [1.165, 1.54) is 0 Å². The lowest BCUT2D eigenvalue weighted by Crippen LogP contribution is -2.21. The van der Waals surface area contributed by atoms with E-state index < -0.39 is 0 Å². The zero-order valence-corrected chi connectivity index (χ0v) is 10.7. The van der Waals surface area contributed by atoms with E-state index in [0.717, 1.165) is 28.0 Å². The zero-order chi connectivity index (χ0) is 10.1. The average molecular weight is 295 g/mol. The fourth-order valence-electron chi connectivity index (χ4n) is 1.61. The summed E-state index contributed by atoms with van der Waals surface area (Å²) in [5, 5.41) is 0. The second-order valence-electron chi connectivity index (χ2n) is 3.27. The molecule has 1 aliphatic heterocycles. The molecular weight excluding hydrogens is 281 g/mol. The Labute approximate surface area is 103 Å². The van der Waals surface area contributed by atoms with Gasteiger partial charge in [-0.25, -0.2) is 0 Å². The van der Waals surface area contributed by atoms with E-state index in [1.54, 1.807) is 7.11 Å². The number of nitrogens with two attached hydrogens (primary N) is 1. The number of hydrogen-bond acceptors (Lipinski definition) is 3. The predicted octanol–water partition coefficient (Wildman–Crippen LogP) is 2.66. The number of rotatable bonds is 1. The summed E-state index contributed by atoms with van der Waals surface area (Å²) in [5.41, 5.74) is 7.00. The average Bonchev–Trinajstić information content (AvgIpc) is 2.18. The van der Waals surface area contributed by atoms with Gasteiger partial charge in [-0.05, 0) is 12.1 Å². The van der Waals surface area contributed by atoms with E-state index in [9.17, 15) is 0 Å². The first-order valence-electron chi connectivity index (χ1n) is 4.48. The summed E-state index contributed by atoms with van der Waals surface area (Å²) in [6, 6.07) is 3.92. The standard InChI is InChI=1S/C10H12BrNO2.ClH/c1-13-9-5-6(11)4-7-8(12)2-3-14-10(7)9;/h4-5,8H,2-3,12H2,1H3;1H/t8-;/m1./s1. The second kappa shape index (κ2) is 5.05. The van der Waals surface area contributed by atoms with Gasteiger partial charge in [-0.15, -0.1) is 12.4 Å². The molecule has 3 nitrogen and oxygen atoms in total. The SMILES string of the molecule is COc1cc(Br)cc2c1OCC[C@H]2N.Cl. The fourth-order valence-corrected chi connectivity index (χ4v) is 2.07. The van der Waals surface area contributed by atoms with Crippen molar-refractivity contribution in [3.05, 3.63) is 22.2 Å². The number of hydrogen-bond donors (Lipinski definition) is 1. The van der Waals surface area contributed by atoms with E-state index in [4.69, 9.17) is 15.2 Å². The van der Waals surface area contributed by atoms with Crippen LogP contribution in [-0.4, -0.2) is 13.7 Å². The third-order valence-corrected chi connectivity index (χ3v) is 2.80. The first-order chi connectivity index (χ1) is 6.72. The summed E-state index contributed by atoms with van der Waals surface area (Å²) in [4.78, 5) is 0. The summed E-state index contributed by atoms with van der Waals surface area (Å²) in [7, 11) is 1.63. The monoisotopic (exact) mass is 293 g/mol. The quantitative estimate of drug-likeness (QED) is 0.866. The number of fused-ring (bicyclic) bond motifs is 1. The summed E-state index contributed by atoms with van der Waals surface area (Å²) >= 11 is 3.42. The molecular formula is C10H13BrClNO2. The maximum atomic E-state index is 5.98.